The number of benzene rings is 1. The van der Waals surface area contributed by atoms with E-state index in [1.807, 2.05) is 24.3 Å². The maximum atomic E-state index is 12.4. The van der Waals surface area contributed by atoms with Gasteiger partial charge in [0, 0.05) is 25.6 Å². The first-order valence-electron chi connectivity index (χ1n) is 8.63. The number of nitrogens with one attached hydrogen (secondary N) is 1. The molecule has 7 heteroatoms. The number of para-hydroxylation sites is 2. The van der Waals surface area contributed by atoms with Gasteiger partial charge in [0.2, 0.25) is 5.91 Å². The maximum absolute atomic E-state index is 12.4. The minimum absolute atomic E-state index is 0. The fourth-order valence-corrected chi connectivity index (χ4v) is 2.80. The molecule has 1 aliphatic heterocycles. The molecule has 1 aromatic rings. The quantitative estimate of drug-likeness (QED) is 0.736. The van der Waals surface area contributed by atoms with Crippen LogP contribution in [0.3, 0.4) is 0 Å². The number of nitrogens with two attached hydrogens (primary N) is 1. The summed E-state index contributed by atoms with van der Waals surface area (Å²) in [5.74, 6) is 0.474. The van der Waals surface area contributed by atoms with Gasteiger partial charge in [0.1, 0.15) is 5.75 Å². The van der Waals surface area contributed by atoms with Gasteiger partial charge in [-0.3, -0.25) is 9.59 Å². The van der Waals surface area contributed by atoms with Crippen molar-refractivity contribution >= 4 is 29.9 Å². The van der Waals surface area contributed by atoms with Gasteiger partial charge in [-0.2, -0.15) is 0 Å². The van der Waals surface area contributed by atoms with Gasteiger partial charge in [-0.15, -0.1) is 12.4 Å². The number of carbonyl (C=O) groups excluding carboxylic acids is 2. The number of amides is 2. The van der Waals surface area contributed by atoms with Crippen LogP contribution in [0, 0.1) is 0 Å². The molecule has 2 atom stereocenters. The third-order valence-corrected chi connectivity index (χ3v) is 4.19. The van der Waals surface area contributed by atoms with E-state index in [1.165, 1.54) is 0 Å². The van der Waals surface area contributed by atoms with Crippen molar-refractivity contribution < 1.29 is 14.3 Å². The third kappa shape index (κ3) is 5.61. The Labute approximate surface area is 155 Å². The molecule has 0 saturated heterocycles. The molecule has 2 amide bonds. The van der Waals surface area contributed by atoms with E-state index in [0.717, 1.165) is 24.9 Å². The van der Waals surface area contributed by atoms with Crippen LogP contribution in [-0.4, -0.2) is 37.0 Å². The Kier molecular flexibility index (Phi) is 8.72. The lowest BCUT2D eigenvalue weighted by atomic mass is 10.1. The number of fused-ring (bicyclic) bond motifs is 1. The highest BCUT2D eigenvalue weighted by molar-refractivity contribution is 6.00. The molecular formula is C18H28ClN3O3. The smallest absolute Gasteiger partial charge is 0.267 e. The molecule has 0 spiro atoms. The Balaban J connectivity index is 0.00000312. The van der Waals surface area contributed by atoms with Crippen molar-refractivity contribution in [3.63, 3.8) is 0 Å². The van der Waals surface area contributed by atoms with Gasteiger partial charge in [0.15, 0.2) is 6.10 Å². The number of unbranched alkanes of at least 4 members (excludes halogenated alkanes) is 1. The first-order valence-corrected chi connectivity index (χ1v) is 8.63. The number of carbonyl (C=O) groups is 2. The molecule has 0 aliphatic carbocycles. The summed E-state index contributed by atoms with van der Waals surface area (Å²) in [6.07, 6.45) is 2.70. The number of rotatable bonds is 8. The van der Waals surface area contributed by atoms with Crippen LogP contribution < -0.4 is 20.7 Å². The Morgan fingerprint density at radius 3 is 2.80 bits per heavy atom. The molecule has 140 valence electrons. The highest BCUT2D eigenvalue weighted by atomic mass is 35.5. The zero-order chi connectivity index (χ0) is 17.5. The number of hydrogen-bond donors (Lipinski definition) is 2. The van der Waals surface area contributed by atoms with Crippen LogP contribution in [0.4, 0.5) is 5.69 Å². The van der Waals surface area contributed by atoms with Gasteiger partial charge in [0.25, 0.3) is 5.91 Å². The molecular weight excluding hydrogens is 342 g/mol. The van der Waals surface area contributed by atoms with Crippen molar-refractivity contribution in [3.8, 4) is 5.75 Å². The van der Waals surface area contributed by atoms with E-state index in [4.69, 9.17) is 10.5 Å². The van der Waals surface area contributed by atoms with Crippen molar-refractivity contribution in [1.82, 2.24) is 5.32 Å². The monoisotopic (exact) mass is 369 g/mol. The fraction of sp³-hybridized carbons (Fsp3) is 0.556. The summed E-state index contributed by atoms with van der Waals surface area (Å²) in [4.78, 5) is 26.2. The van der Waals surface area contributed by atoms with Crippen molar-refractivity contribution in [1.29, 1.82) is 0 Å². The Hall–Kier alpha value is -1.79. The second-order valence-electron chi connectivity index (χ2n) is 6.11. The van der Waals surface area contributed by atoms with Crippen molar-refractivity contribution in [2.45, 2.75) is 51.7 Å². The molecule has 1 heterocycles. The van der Waals surface area contributed by atoms with Crippen LogP contribution in [-0.2, 0) is 9.59 Å². The van der Waals surface area contributed by atoms with Crippen LogP contribution in [0.25, 0.3) is 0 Å². The van der Waals surface area contributed by atoms with Crippen molar-refractivity contribution in [2.24, 2.45) is 5.73 Å². The first-order chi connectivity index (χ1) is 11.6. The predicted molar refractivity (Wildman–Crippen MR) is 101 cm³/mol. The standard InChI is InChI=1S/C18H27N3O3.ClH/c1-3-4-7-14(12-19)20-17(22)10-11-21-15-8-5-6-9-16(15)24-13(2)18(21)23;/h5-6,8-9,13-14H,3-4,7,10-12,19H2,1-2H3,(H,20,22);1H. The molecule has 1 aliphatic rings. The second kappa shape index (κ2) is 10.3. The highest BCUT2D eigenvalue weighted by Gasteiger charge is 2.31. The molecule has 0 radical (unpaired) electrons. The number of anilines is 1. The number of nitrogens with zero attached hydrogens (tertiary/aromatic N) is 1. The maximum Gasteiger partial charge on any atom is 0.267 e. The molecule has 2 rings (SSSR count). The molecule has 3 N–H and O–H groups in total. The van der Waals surface area contributed by atoms with Gasteiger partial charge in [-0.05, 0) is 25.5 Å². The van der Waals surface area contributed by atoms with E-state index in [-0.39, 0.29) is 36.7 Å². The fourth-order valence-electron chi connectivity index (χ4n) is 2.80. The lowest BCUT2D eigenvalue weighted by Crippen LogP contribution is -2.47. The lowest BCUT2D eigenvalue weighted by Gasteiger charge is -2.33. The summed E-state index contributed by atoms with van der Waals surface area (Å²) in [7, 11) is 0. The van der Waals surface area contributed by atoms with E-state index in [2.05, 4.69) is 12.2 Å². The van der Waals surface area contributed by atoms with Crippen LogP contribution in [0.5, 0.6) is 5.75 Å². The van der Waals surface area contributed by atoms with Gasteiger partial charge in [-0.25, -0.2) is 0 Å². The Morgan fingerprint density at radius 1 is 1.40 bits per heavy atom. The second-order valence-corrected chi connectivity index (χ2v) is 6.11. The Bertz CT molecular complexity index is 582. The van der Waals surface area contributed by atoms with Crippen molar-refractivity contribution in [2.75, 3.05) is 18.0 Å². The molecule has 2 unspecified atom stereocenters. The lowest BCUT2D eigenvalue weighted by molar-refractivity contribution is -0.125. The summed E-state index contributed by atoms with van der Waals surface area (Å²) in [5.41, 5.74) is 6.43. The number of ether oxygens (including phenoxy) is 1. The van der Waals surface area contributed by atoms with Crippen molar-refractivity contribution in [3.05, 3.63) is 24.3 Å². The molecule has 1 aromatic carbocycles. The van der Waals surface area contributed by atoms with Gasteiger partial charge >= 0.3 is 0 Å². The zero-order valence-corrected chi connectivity index (χ0v) is 15.7. The average molecular weight is 370 g/mol. The minimum atomic E-state index is -0.538. The van der Waals surface area contributed by atoms with E-state index in [1.54, 1.807) is 11.8 Å². The molecule has 25 heavy (non-hydrogen) atoms. The molecule has 0 saturated carbocycles. The molecule has 6 nitrogen and oxygen atoms in total. The third-order valence-electron chi connectivity index (χ3n) is 4.19. The highest BCUT2D eigenvalue weighted by Crippen LogP contribution is 2.33. The van der Waals surface area contributed by atoms with E-state index in [9.17, 15) is 9.59 Å². The van der Waals surface area contributed by atoms with E-state index >= 15 is 0 Å². The first kappa shape index (κ1) is 21.3. The topological polar surface area (TPSA) is 84.7 Å². The van der Waals surface area contributed by atoms with Gasteiger partial charge < -0.3 is 20.7 Å². The number of halogens is 1. The normalized spacial score (nSPS) is 17.2. The van der Waals surface area contributed by atoms with Crippen LogP contribution in [0.15, 0.2) is 24.3 Å². The summed E-state index contributed by atoms with van der Waals surface area (Å²) < 4.78 is 5.60. The SMILES string of the molecule is CCCCC(CN)NC(=O)CCN1C(=O)C(C)Oc2ccccc21.Cl. The average Bonchev–Trinajstić information content (AvgIpc) is 2.59. The number of hydrogen-bond acceptors (Lipinski definition) is 4. The molecule has 0 bridgehead atoms. The van der Waals surface area contributed by atoms with Crippen LogP contribution in [0.1, 0.15) is 39.5 Å². The molecule has 0 fully saturated rings. The van der Waals surface area contributed by atoms with Crippen LogP contribution in [0.2, 0.25) is 0 Å². The van der Waals surface area contributed by atoms with Crippen LogP contribution >= 0.6 is 12.4 Å². The largest absolute Gasteiger partial charge is 0.479 e. The van der Waals surface area contributed by atoms with E-state index in [0.29, 0.717) is 18.8 Å². The zero-order valence-electron chi connectivity index (χ0n) is 14.9. The summed E-state index contributed by atoms with van der Waals surface area (Å²) in [6, 6.07) is 7.39. The molecule has 0 aromatic heterocycles. The summed E-state index contributed by atoms with van der Waals surface area (Å²) in [5, 5.41) is 2.96. The summed E-state index contributed by atoms with van der Waals surface area (Å²) in [6.45, 7) is 4.60. The predicted octanol–water partition coefficient (Wildman–Crippen LogP) is 2.25. The van der Waals surface area contributed by atoms with Gasteiger partial charge in [0.05, 0.1) is 5.69 Å². The minimum Gasteiger partial charge on any atom is -0.479 e. The van der Waals surface area contributed by atoms with Gasteiger partial charge in [-0.1, -0.05) is 31.9 Å². The summed E-state index contributed by atoms with van der Waals surface area (Å²) >= 11 is 0. The van der Waals surface area contributed by atoms with E-state index < -0.39 is 6.10 Å². The Morgan fingerprint density at radius 2 is 2.12 bits per heavy atom.